The standard InChI is InChI=1S/C11H20ClN/c12-7-10-13-8-5-11(6-9-13)3-1-2-4-11/h1-10H2. The van der Waals surface area contributed by atoms with Crippen LogP contribution in [0.5, 0.6) is 0 Å². The van der Waals surface area contributed by atoms with E-state index < -0.39 is 0 Å². The third-order valence-electron chi connectivity index (χ3n) is 3.98. The monoisotopic (exact) mass is 201 g/mol. The molecule has 13 heavy (non-hydrogen) atoms. The van der Waals surface area contributed by atoms with Crippen LogP contribution in [0.1, 0.15) is 38.5 Å². The Morgan fingerprint density at radius 3 is 2.15 bits per heavy atom. The van der Waals surface area contributed by atoms with Crippen LogP contribution in [0.15, 0.2) is 0 Å². The van der Waals surface area contributed by atoms with Crippen LogP contribution in [-0.2, 0) is 0 Å². The van der Waals surface area contributed by atoms with Gasteiger partial charge in [0.2, 0.25) is 0 Å². The van der Waals surface area contributed by atoms with Crippen molar-refractivity contribution in [3.8, 4) is 0 Å². The zero-order valence-corrected chi connectivity index (χ0v) is 9.15. The fraction of sp³-hybridized carbons (Fsp3) is 1.00. The molecule has 0 unspecified atom stereocenters. The van der Waals surface area contributed by atoms with Crippen LogP contribution in [0.2, 0.25) is 0 Å². The summed E-state index contributed by atoms with van der Waals surface area (Å²) in [4.78, 5) is 2.52. The number of rotatable bonds is 2. The average Bonchev–Trinajstić information content (AvgIpc) is 2.59. The second-order valence-electron chi connectivity index (χ2n) is 4.74. The molecule has 1 spiro atoms. The van der Waals surface area contributed by atoms with Crippen molar-refractivity contribution in [1.82, 2.24) is 4.90 Å². The quantitative estimate of drug-likeness (QED) is 0.622. The molecule has 1 saturated carbocycles. The first kappa shape index (κ1) is 9.79. The van der Waals surface area contributed by atoms with Crippen molar-refractivity contribution < 1.29 is 0 Å². The van der Waals surface area contributed by atoms with E-state index in [9.17, 15) is 0 Å². The number of nitrogens with zero attached hydrogens (tertiary/aromatic N) is 1. The lowest BCUT2D eigenvalue weighted by atomic mass is 9.77. The molecule has 0 aromatic rings. The number of piperidine rings is 1. The predicted molar refractivity (Wildman–Crippen MR) is 57.3 cm³/mol. The van der Waals surface area contributed by atoms with Gasteiger partial charge in [-0.05, 0) is 44.2 Å². The van der Waals surface area contributed by atoms with E-state index in [-0.39, 0.29) is 0 Å². The molecular formula is C11H20ClN. The van der Waals surface area contributed by atoms with E-state index in [0.29, 0.717) is 0 Å². The minimum atomic E-state index is 0.767. The van der Waals surface area contributed by atoms with Crippen LogP contribution < -0.4 is 0 Å². The largest absolute Gasteiger partial charge is 0.302 e. The molecule has 2 heteroatoms. The van der Waals surface area contributed by atoms with Crippen LogP contribution in [0, 0.1) is 5.41 Å². The molecule has 0 aromatic carbocycles. The van der Waals surface area contributed by atoms with Gasteiger partial charge in [0.1, 0.15) is 0 Å². The summed E-state index contributed by atoms with van der Waals surface area (Å²) in [5, 5.41) is 0. The molecular weight excluding hydrogens is 182 g/mol. The second kappa shape index (κ2) is 4.18. The normalized spacial score (nSPS) is 28.4. The van der Waals surface area contributed by atoms with Crippen LogP contribution in [0.4, 0.5) is 0 Å². The molecule has 2 fully saturated rings. The number of hydrogen-bond donors (Lipinski definition) is 0. The SMILES string of the molecule is ClCCN1CCC2(CCCC2)CC1. The fourth-order valence-corrected chi connectivity index (χ4v) is 3.23. The van der Waals surface area contributed by atoms with Crippen molar-refractivity contribution in [2.24, 2.45) is 5.41 Å². The van der Waals surface area contributed by atoms with Crippen molar-refractivity contribution in [2.45, 2.75) is 38.5 Å². The third-order valence-corrected chi connectivity index (χ3v) is 4.15. The Morgan fingerprint density at radius 1 is 1.00 bits per heavy atom. The van der Waals surface area contributed by atoms with Gasteiger partial charge in [0.25, 0.3) is 0 Å². The molecule has 1 nitrogen and oxygen atoms in total. The van der Waals surface area contributed by atoms with Crippen molar-refractivity contribution in [3.63, 3.8) is 0 Å². The molecule has 0 bridgehead atoms. The smallest absolute Gasteiger partial charge is 0.0351 e. The van der Waals surface area contributed by atoms with Gasteiger partial charge in [-0.2, -0.15) is 0 Å². The summed E-state index contributed by atoms with van der Waals surface area (Å²) in [6, 6.07) is 0. The Kier molecular flexibility index (Phi) is 3.15. The van der Waals surface area contributed by atoms with E-state index in [1.807, 2.05) is 0 Å². The number of alkyl halides is 1. The lowest BCUT2D eigenvalue weighted by Gasteiger charge is -2.39. The first-order valence-electron chi connectivity index (χ1n) is 5.63. The van der Waals surface area contributed by atoms with Crippen LogP contribution in [0.3, 0.4) is 0 Å². The highest BCUT2D eigenvalue weighted by Crippen LogP contribution is 2.45. The Balaban J connectivity index is 1.81. The van der Waals surface area contributed by atoms with Gasteiger partial charge in [-0.25, -0.2) is 0 Å². The molecule has 2 rings (SSSR count). The zero-order chi connectivity index (χ0) is 9.15. The highest BCUT2D eigenvalue weighted by atomic mass is 35.5. The average molecular weight is 202 g/mol. The summed E-state index contributed by atoms with van der Waals surface area (Å²) in [6.45, 7) is 3.69. The Labute approximate surface area is 86.4 Å². The summed E-state index contributed by atoms with van der Waals surface area (Å²) in [6.07, 6.45) is 8.84. The predicted octanol–water partition coefficient (Wildman–Crippen LogP) is 2.88. The topological polar surface area (TPSA) is 3.24 Å². The van der Waals surface area contributed by atoms with E-state index in [1.54, 1.807) is 0 Å². The molecule has 0 N–H and O–H groups in total. The zero-order valence-electron chi connectivity index (χ0n) is 8.40. The van der Waals surface area contributed by atoms with E-state index in [1.165, 1.54) is 51.6 Å². The summed E-state index contributed by atoms with van der Waals surface area (Å²) in [7, 11) is 0. The maximum absolute atomic E-state index is 5.74. The summed E-state index contributed by atoms with van der Waals surface area (Å²) < 4.78 is 0. The van der Waals surface area contributed by atoms with Crippen molar-refractivity contribution in [3.05, 3.63) is 0 Å². The highest BCUT2D eigenvalue weighted by Gasteiger charge is 2.36. The first-order valence-corrected chi connectivity index (χ1v) is 6.16. The van der Waals surface area contributed by atoms with Gasteiger partial charge in [-0.1, -0.05) is 12.8 Å². The number of hydrogen-bond acceptors (Lipinski definition) is 1. The molecule has 1 saturated heterocycles. The first-order chi connectivity index (χ1) is 6.35. The van der Waals surface area contributed by atoms with Crippen molar-refractivity contribution in [1.29, 1.82) is 0 Å². The molecule has 1 aliphatic carbocycles. The molecule has 0 radical (unpaired) electrons. The molecule has 1 aliphatic heterocycles. The maximum Gasteiger partial charge on any atom is 0.0351 e. The van der Waals surface area contributed by atoms with Crippen LogP contribution in [0.25, 0.3) is 0 Å². The summed E-state index contributed by atoms with van der Waals surface area (Å²) >= 11 is 5.74. The highest BCUT2D eigenvalue weighted by molar-refractivity contribution is 6.18. The molecule has 2 aliphatic rings. The van der Waals surface area contributed by atoms with Gasteiger partial charge in [0, 0.05) is 12.4 Å². The lowest BCUT2D eigenvalue weighted by Crippen LogP contribution is -2.39. The van der Waals surface area contributed by atoms with Crippen LogP contribution >= 0.6 is 11.6 Å². The Bertz CT molecular complexity index is 153. The third kappa shape index (κ3) is 2.19. The van der Waals surface area contributed by atoms with Gasteiger partial charge in [0.15, 0.2) is 0 Å². The number of halogens is 1. The molecule has 0 aromatic heterocycles. The molecule has 76 valence electrons. The number of likely N-dealkylation sites (tertiary alicyclic amines) is 1. The van der Waals surface area contributed by atoms with Gasteiger partial charge >= 0.3 is 0 Å². The summed E-state index contributed by atoms with van der Waals surface area (Å²) in [5.41, 5.74) is 0.767. The van der Waals surface area contributed by atoms with E-state index >= 15 is 0 Å². The van der Waals surface area contributed by atoms with Crippen molar-refractivity contribution >= 4 is 11.6 Å². The maximum atomic E-state index is 5.74. The lowest BCUT2D eigenvalue weighted by molar-refractivity contribution is 0.113. The summed E-state index contributed by atoms with van der Waals surface area (Å²) in [5.74, 6) is 0.799. The van der Waals surface area contributed by atoms with E-state index in [2.05, 4.69) is 4.90 Å². The molecule has 0 amide bonds. The second-order valence-corrected chi connectivity index (χ2v) is 5.12. The minimum absolute atomic E-state index is 0.767. The molecule has 1 heterocycles. The van der Waals surface area contributed by atoms with Gasteiger partial charge in [-0.15, -0.1) is 11.6 Å². The Hall–Kier alpha value is 0.250. The van der Waals surface area contributed by atoms with E-state index in [0.717, 1.165) is 17.8 Å². The van der Waals surface area contributed by atoms with Gasteiger partial charge < -0.3 is 4.90 Å². The van der Waals surface area contributed by atoms with E-state index in [4.69, 9.17) is 11.6 Å². The van der Waals surface area contributed by atoms with Crippen molar-refractivity contribution in [2.75, 3.05) is 25.5 Å². The van der Waals surface area contributed by atoms with Gasteiger partial charge in [0.05, 0.1) is 0 Å². The van der Waals surface area contributed by atoms with Gasteiger partial charge in [-0.3, -0.25) is 0 Å². The minimum Gasteiger partial charge on any atom is -0.302 e. The van der Waals surface area contributed by atoms with Crippen LogP contribution in [-0.4, -0.2) is 30.4 Å². The fourth-order valence-electron chi connectivity index (χ4n) is 3.00. The Morgan fingerprint density at radius 2 is 1.62 bits per heavy atom. The molecule has 0 atom stereocenters.